The maximum atomic E-state index is 11.8. The van der Waals surface area contributed by atoms with E-state index >= 15 is 0 Å². The lowest BCUT2D eigenvalue weighted by atomic mass is 9.79. The van der Waals surface area contributed by atoms with E-state index in [1.807, 2.05) is 13.0 Å². The Morgan fingerprint density at radius 3 is 2.63 bits per heavy atom. The minimum Gasteiger partial charge on any atom is -0.365 e. The van der Waals surface area contributed by atoms with Gasteiger partial charge in [-0.1, -0.05) is 12.5 Å². The standard InChI is InChI=1S/C15H16N2O2/c1-8-5-10(9-3-2-4-9)6-13-11(8)7-12(14(16)18)15(19)17-13/h5-7,9H,2-4H2,1H3,(H2,16,18)(H,17,19). The van der Waals surface area contributed by atoms with Crippen LogP contribution in [0.15, 0.2) is 23.0 Å². The molecule has 1 aromatic heterocycles. The van der Waals surface area contributed by atoms with Crippen molar-refractivity contribution in [3.63, 3.8) is 0 Å². The van der Waals surface area contributed by atoms with Gasteiger partial charge in [0.25, 0.3) is 11.5 Å². The molecule has 0 unspecified atom stereocenters. The minimum atomic E-state index is -0.689. The fourth-order valence-electron chi connectivity index (χ4n) is 2.68. The number of aryl methyl sites for hydroxylation is 1. The molecule has 98 valence electrons. The first-order valence-corrected chi connectivity index (χ1v) is 6.53. The number of amides is 1. The van der Waals surface area contributed by atoms with Crippen molar-refractivity contribution in [2.75, 3.05) is 0 Å². The number of nitrogens with one attached hydrogen (secondary N) is 1. The Morgan fingerprint density at radius 1 is 1.32 bits per heavy atom. The van der Waals surface area contributed by atoms with Crippen LogP contribution in [0.4, 0.5) is 0 Å². The van der Waals surface area contributed by atoms with Gasteiger partial charge < -0.3 is 10.7 Å². The van der Waals surface area contributed by atoms with Crippen LogP contribution >= 0.6 is 0 Å². The van der Waals surface area contributed by atoms with E-state index < -0.39 is 11.5 Å². The highest BCUT2D eigenvalue weighted by Crippen LogP contribution is 2.37. The van der Waals surface area contributed by atoms with Crippen molar-refractivity contribution in [1.82, 2.24) is 4.98 Å². The normalized spacial score (nSPS) is 15.4. The summed E-state index contributed by atoms with van der Waals surface area (Å²) in [5.41, 5.74) is 7.95. The number of carbonyl (C=O) groups excluding carboxylic acids is 1. The molecule has 1 fully saturated rings. The molecule has 0 spiro atoms. The van der Waals surface area contributed by atoms with Crippen LogP contribution in [0.3, 0.4) is 0 Å². The number of carbonyl (C=O) groups is 1. The predicted molar refractivity (Wildman–Crippen MR) is 74.4 cm³/mol. The zero-order valence-electron chi connectivity index (χ0n) is 10.8. The summed E-state index contributed by atoms with van der Waals surface area (Å²) >= 11 is 0. The molecule has 0 atom stereocenters. The van der Waals surface area contributed by atoms with Crippen molar-refractivity contribution < 1.29 is 4.79 Å². The summed E-state index contributed by atoms with van der Waals surface area (Å²) in [6.07, 6.45) is 3.71. The van der Waals surface area contributed by atoms with Gasteiger partial charge in [-0.3, -0.25) is 9.59 Å². The van der Waals surface area contributed by atoms with Gasteiger partial charge >= 0.3 is 0 Å². The average molecular weight is 256 g/mol. The van der Waals surface area contributed by atoms with Gasteiger partial charge in [-0.05, 0) is 48.9 Å². The Kier molecular flexibility index (Phi) is 2.66. The molecule has 0 radical (unpaired) electrons. The van der Waals surface area contributed by atoms with Crippen LogP contribution in [0.5, 0.6) is 0 Å². The number of hydrogen-bond acceptors (Lipinski definition) is 2. The highest BCUT2D eigenvalue weighted by Gasteiger charge is 2.20. The third-order valence-electron chi connectivity index (χ3n) is 4.03. The molecule has 3 rings (SSSR count). The molecule has 4 heteroatoms. The van der Waals surface area contributed by atoms with Crippen molar-refractivity contribution in [2.24, 2.45) is 5.73 Å². The number of H-pyrrole nitrogens is 1. The molecule has 1 saturated carbocycles. The lowest BCUT2D eigenvalue weighted by Crippen LogP contribution is -2.23. The van der Waals surface area contributed by atoms with E-state index in [-0.39, 0.29) is 5.56 Å². The zero-order valence-corrected chi connectivity index (χ0v) is 10.8. The quantitative estimate of drug-likeness (QED) is 0.864. The van der Waals surface area contributed by atoms with E-state index in [1.54, 1.807) is 6.07 Å². The monoisotopic (exact) mass is 256 g/mol. The summed E-state index contributed by atoms with van der Waals surface area (Å²) in [5, 5.41) is 0.886. The predicted octanol–water partition coefficient (Wildman–Crippen LogP) is 2.20. The second-order valence-corrected chi connectivity index (χ2v) is 5.30. The number of primary amides is 1. The smallest absolute Gasteiger partial charge is 0.261 e. The first-order valence-electron chi connectivity index (χ1n) is 6.53. The highest BCUT2D eigenvalue weighted by atomic mass is 16.2. The first kappa shape index (κ1) is 12.0. The maximum Gasteiger partial charge on any atom is 0.261 e. The molecular weight excluding hydrogens is 240 g/mol. The number of aromatic nitrogens is 1. The topological polar surface area (TPSA) is 75.9 Å². The van der Waals surface area contributed by atoms with E-state index in [0.717, 1.165) is 16.5 Å². The van der Waals surface area contributed by atoms with Gasteiger partial charge in [0.2, 0.25) is 0 Å². The number of benzene rings is 1. The molecule has 1 amide bonds. The Morgan fingerprint density at radius 2 is 2.05 bits per heavy atom. The molecular formula is C15H16N2O2. The third-order valence-corrected chi connectivity index (χ3v) is 4.03. The summed E-state index contributed by atoms with van der Waals surface area (Å²) in [5.74, 6) is -0.0759. The van der Waals surface area contributed by atoms with Crippen LogP contribution in [-0.2, 0) is 0 Å². The number of pyridine rings is 1. The highest BCUT2D eigenvalue weighted by molar-refractivity contribution is 5.96. The van der Waals surface area contributed by atoms with E-state index in [9.17, 15) is 9.59 Å². The summed E-state index contributed by atoms with van der Waals surface area (Å²) in [6, 6.07) is 5.77. The van der Waals surface area contributed by atoms with Crippen molar-refractivity contribution in [1.29, 1.82) is 0 Å². The van der Waals surface area contributed by atoms with E-state index in [1.165, 1.54) is 24.8 Å². The fourth-order valence-corrected chi connectivity index (χ4v) is 2.68. The number of aromatic amines is 1. The number of fused-ring (bicyclic) bond motifs is 1. The largest absolute Gasteiger partial charge is 0.365 e. The van der Waals surface area contributed by atoms with Crippen LogP contribution in [0.25, 0.3) is 10.9 Å². The summed E-state index contributed by atoms with van der Waals surface area (Å²) in [7, 11) is 0. The van der Waals surface area contributed by atoms with Gasteiger partial charge in [0, 0.05) is 10.9 Å². The number of hydrogen-bond donors (Lipinski definition) is 2. The molecule has 1 aromatic carbocycles. The maximum absolute atomic E-state index is 11.8. The van der Waals surface area contributed by atoms with Crippen LogP contribution in [0.1, 0.15) is 46.7 Å². The molecule has 1 aliphatic carbocycles. The van der Waals surface area contributed by atoms with Crippen molar-refractivity contribution >= 4 is 16.8 Å². The van der Waals surface area contributed by atoms with E-state index in [4.69, 9.17) is 5.73 Å². The molecule has 4 nitrogen and oxygen atoms in total. The lowest BCUT2D eigenvalue weighted by Gasteiger charge is -2.26. The number of rotatable bonds is 2. The van der Waals surface area contributed by atoms with E-state index in [2.05, 4.69) is 11.1 Å². The second-order valence-electron chi connectivity index (χ2n) is 5.30. The van der Waals surface area contributed by atoms with Gasteiger partial charge in [0.05, 0.1) is 0 Å². The SMILES string of the molecule is Cc1cc(C2CCC2)cc2[nH]c(=O)c(C(N)=O)cc12. The number of nitrogens with two attached hydrogens (primary N) is 1. The Bertz CT molecular complexity index is 727. The molecule has 0 bridgehead atoms. The van der Waals surface area contributed by atoms with Crippen molar-refractivity contribution in [3.05, 3.63) is 45.2 Å². The van der Waals surface area contributed by atoms with Gasteiger partial charge in [-0.25, -0.2) is 0 Å². The van der Waals surface area contributed by atoms with Crippen LogP contribution in [0, 0.1) is 6.92 Å². The summed E-state index contributed by atoms with van der Waals surface area (Å²) in [6.45, 7) is 1.99. The van der Waals surface area contributed by atoms with Crippen LogP contribution in [-0.4, -0.2) is 10.9 Å². The Hall–Kier alpha value is -2.10. The van der Waals surface area contributed by atoms with E-state index in [0.29, 0.717) is 5.92 Å². The molecule has 2 aromatic rings. The molecule has 19 heavy (non-hydrogen) atoms. The van der Waals surface area contributed by atoms with Gasteiger partial charge in [-0.2, -0.15) is 0 Å². The van der Waals surface area contributed by atoms with Gasteiger partial charge in [-0.15, -0.1) is 0 Å². The van der Waals surface area contributed by atoms with Crippen LogP contribution in [0.2, 0.25) is 0 Å². The summed E-state index contributed by atoms with van der Waals surface area (Å²) in [4.78, 5) is 25.8. The molecule has 0 saturated heterocycles. The third kappa shape index (κ3) is 1.93. The van der Waals surface area contributed by atoms with Crippen LogP contribution < -0.4 is 11.3 Å². The van der Waals surface area contributed by atoms with Gasteiger partial charge in [0.15, 0.2) is 0 Å². The Labute approximate surface area is 110 Å². The van der Waals surface area contributed by atoms with Crippen molar-refractivity contribution in [3.8, 4) is 0 Å². The van der Waals surface area contributed by atoms with Gasteiger partial charge in [0.1, 0.15) is 5.56 Å². The molecule has 0 aliphatic heterocycles. The average Bonchev–Trinajstić information content (AvgIpc) is 2.25. The van der Waals surface area contributed by atoms with Crippen molar-refractivity contribution in [2.45, 2.75) is 32.1 Å². The minimum absolute atomic E-state index is 0.0204. The summed E-state index contributed by atoms with van der Waals surface area (Å²) < 4.78 is 0. The second kappa shape index (κ2) is 4.23. The lowest BCUT2D eigenvalue weighted by molar-refractivity contribution is 0.0999. The molecule has 3 N–H and O–H groups in total. The zero-order chi connectivity index (χ0) is 13.6. The molecule has 1 heterocycles. The Balaban J connectivity index is 2.23. The fraction of sp³-hybridized carbons (Fsp3) is 0.333. The first-order chi connectivity index (χ1) is 9.06. The molecule has 1 aliphatic rings.